The van der Waals surface area contributed by atoms with Crippen molar-refractivity contribution >= 4 is 35.1 Å². The van der Waals surface area contributed by atoms with Crippen LogP contribution >= 0.6 is 11.8 Å². The summed E-state index contributed by atoms with van der Waals surface area (Å²) in [5, 5.41) is 5.55. The summed E-state index contributed by atoms with van der Waals surface area (Å²) in [4.78, 5) is 28.9. The number of anilines is 2. The lowest BCUT2D eigenvalue weighted by molar-refractivity contribution is 0.0985. The average molecular weight is 421 g/mol. The highest BCUT2D eigenvalue weighted by Gasteiger charge is 2.26. The molecule has 0 fully saturated rings. The topological polar surface area (TPSA) is 61.4 Å². The number of halogens is 1. The van der Waals surface area contributed by atoms with E-state index in [4.69, 9.17) is 0 Å². The SMILES string of the molecule is CCN1C(=O)c2ccccc2Sc2ccc(NC(=O)NCc3ccc(F)cc3)cc21. The molecule has 0 atom stereocenters. The first-order valence-corrected chi connectivity index (χ1v) is 10.4. The van der Waals surface area contributed by atoms with Crippen molar-refractivity contribution in [3.63, 3.8) is 0 Å². The largest absolute Gasteiger partial charge is 0.334 e. The third kappa shape index (κ3) is 4.16. The van der Waals surface area contributed by atoms with Gasteiger partial charge in [-0.1, -0.05) is 36.0 Å². The molecule has 4 rings (SSSR count). The van der Waals surface area contributed by atoms with Crippen LogP contribution in [0.1, 0.15) is 22.8 Å². The fourth-order valence-corrected chi connectivity index (χ4v) is 4.33. The van der Waals surface area contributed by atoms with Crippen LogP contribution in [0.2, 0.25) is 0 Å². The van der Waals surface area contributed by atoms with Gasteiger partial charge in [0.25, 0.3) is 5.91 Å². The number of rotatable bonds is 4. The molecular formula is C23H20FN3O2S. The van der Waals surface area contributed by atoms with Crippen LogP contribution in [0.4, 0.5) is 20.6 Å². The Kier molecular flexibility index (Phi) is 5.72. The van der Waals surface area contributed by atoms with Crippen LogP contribution in [0.15, 0.2) is 76.5 Å². The predicted molar refractivity (Wildman–Crippen MR) is 117 cm³/mol. The van der Waals surface area contributed by atoms with Gasteiger partial charge < -0.3 is 15.5 Å². The standard InChI is InChI=1S/C23H20FN3O2S/c1-2-27-19-13-17(26-23(29)25-14-15-7-9-16(24)10-8-15)11-12-21(19)30-20-6-4-3-5-18(20)22(27)28/h3-13H,2,14H2,1H3,(H2,25,26,29). The first-order valence-electron chi connectivity index (χ1n) is 9.57. The Bertz CT molecular complexity index is 1100. The van der Waals surface area contributed by atoms with E-state index in [2.05, 4.69) is 10.6 Å². The van der Waals surface area contributed by atoms with Crippen LogP contribution in [0, 0.1) is 5.82 Å². The molecule has 152 valence electrons. The lowest BCUT2D eigenvalue weighted by Gasteiger charge is -2.22. The summed E-state index contributed by atoms with van der Waals surface area (Å²) in [5.74, 6) is -0.375. The zero-order valence-corrected chi connectivity index (χ0v) is 17.1. The van der Waals surface area contributed by atoms with E-state index in [1.54, 1.807) is 28.8 Å². The van der Waals surface area contributed by atoms with E-state index < -0.39 is 0 Å². The smallest absolute Gasteiger partial charge is 0.319 e. The van der Waals surface area contributed by atoms with Gasteiger partial charge in [0.2, 0.25) is 0 Å². The van der Waals surface area contributed by atoms with Crippen LogP contribution in [0.3, 0.4) is 0 Å². The van der Waals surface area contributed by atoms with Crippen molar-refractivity contribution in [2.45, 2.75) is 23.3 Å². The minimum atomic E-state index is -0.377. The fourth-order valence-electron chi connectivity index (χ4n) is 3.27. The Balaban J connectivity index is 1.52. The normalized spacial score (nSPS) is 12.6. The van der Waals surface area contributed by atoms with Gasteiger partial charge in [-0.25, -0.2) is 9.18 Å². The number of urea groups is 1. The molecule has 1 aliphatic rings. The number of hydrogen-bond donors (Lipinski definition) is 2. The Morgan fingerprint density at radius 1 is 1.03 bits per heavy atom. The predicted octanol–water partition coefficient (Wildman–Crippen LogP) is 5.28. The van der Waals surface area contributed by atoms with E-state index in [9.17, 15) is 14.0 Å². The molecule has 3 aromatic rings. The number of nitrogens with one attached hydrogen (secondary N) is 2. The second kappa shape index (κ2) is 8.59. The summed E-state index contributed by atoms with van der Waals surface area (Å²) in [6.07, 6.45) is 0. The van der Waals surface area contributed by atoms with Crippen LogP contribution in [-0.4, -0.2) is 18.5 Å². The van der Waals surface area contributed by atoms with Gasteiger partial charge in [0.1, 0.15) is 5.82 Å². The van der Waals surface area contributed by atoms with E-state index in [1.165, 1.54) is 12.1 Å². The van der Waals surface area contributed by atoms with E-state index >= 15 is 0 Å². The fraction of sp³-hybridized carbons (Fsp3) is 0.130. The zero-order valence-electron chi connectivity index (χ0n) is 16.3. The third-order valence-electron chi connectivity index (χ3n) is 4.77. The molecule has 1 aliphatic heterocycles. The van der Waals surface area contributed by atoms with Crippen molar-refractivity contribution < 1.29 is 14.0 Å². The number of benzene rings is 3. The summed E-state index contributed by atoms with van der Waals surface area (Å²) in [6, 6.07) is 18.7. The molecule has 0 spiro atoms. The quantitative estimate of drug-likeness (QED) is 0.603. The van der Waals surface area contributed by atoms with Crippen molar-refractivity contribution in [2.75, 3.05) is 16.8 Å². The average Bonchev–Trinajstić information content (AvgIpc) is 2.87. The Hall–Kier alpha value is -3.32. The molecule has 0 aromatic heterocycles. The first-order chi connectivity index (χ1) is 14.5. The molecule has 0 saturated heterocycles. The van der Waals surface area contributed by atoms with Gasteiger partial charge in [0, 0.05) is 28.6 Å². The number of carbonyl (C=O) groups is 2. The zero-order chi connectivity index (χ0) is 21.1. The Labute approximate surface area is 178 Å². The lowest BCUT2D eigenvalue weighted by Crippen LogP contribution is -2.31. The van der Waals surface area contributed by atoms with Crippen molar-refractivity contribution in [1.29, 1.82) is 0 Å². The van der Waals surface area contributed by atoms with Gasteiger partial charge in [-0.2, -0.15) is 0 Å². The Morgan fingerprint density at radius 3 is 2.57 bits per heavy atom. The van der Waals surface area contributed by atoms with Crippen LogP contribution in [0.25, 0.3) is 0 Å². The molecule has 0 unspecified atom stereocenters. The maximum Gasteiger partial charge on any atom is 0.319 e. The van der Waals surface area contributed by atoms with E-state index in [-0.39, 0.29) is 24.3 Å². The van der Waals surface area contributed by atoms with Gasteiger partial charge in [-0.3, -0.25) is 4.79 Å². The van der Waals surface area contributed by atoms with Crippen molar-refractivity contribution in [1.82, 2.24) is 5.32 Å². The monoisotopic (exact) mass is 421 g/mol. The molecule has 0 aliphatic carbocycles. The van der Waals surface area contributed by atoms with E-state index in [0.717, 1.165) is 21.0 Å². The van der Waals surface area contributed by atoms with Crippen LogP contribution in [0.5, 0.6) is 0 Å². The summed E-state index contributed by atoms with van der Waals surface area (Å²) in [7, 11) is 0. The summed E-state index contributed by atoms with van der Waals surface area (Å²) >= 11 is 1.54. The van der Waals surface area contributed by atoms with Crippen LogP contribution in [-0.2, 0) is 6.54 Å². The number of hydrogen-bond acceptors (Lipinski definition) is 3. The number of amides is 3. The highest BCUT2D eigenvalue weighted by Crippen LogP contribution is 2.42. The number of carbonyl (C=O) groups excluding carboxylic acids is 2. The third-order valence-corrected chi connectivity index (χ3v) is 5.91. The second-order valence-electron chi connectivity index (χ2n) is 6.76. The summed E-state index contributed by atoms with van der Waals surface area (Å²) in [5.41, 5.74) is 2.82. The van der Waals surface area contributed by atoms with Crippen molar-refractivity contribution in [3.8, 4) is 0 Å². The lowest BCUT2D eigenvalue weighted by atomic mass is 10.1. The molecule has 1 heterocycles. The molecule has 3 aromatic carbocycles. The van der Waals surface area contributed by atoms with Crippen molar-refractivity contribution in [2.24, 2.45) is 0 Å². The molecule has 0 saturated carbocycles. The minimum Gasteiger partial charge on any atom is -0.334 e. The molecular weight excluding hydrogens is 401 g/mol. The van der Waals surface area contributed by atoms with E-state index in [0.29, 0.717) is 17.8 Å². The highest BCUT2D eigenvalue weighted by molar-refractivity contribution is 7.99. The number of nitrogens with zero attached hydrogens (tertiary/aromatic N) is 1. The highest BCUT2D eigenvalue weighted by atomic mass is 32.2. The van der Waals surface area contributed by atoms with E-state index in [1.807, 2.05) is 49.4 Å². The van der Waals surface area contributed by atoms with Gasteiger partial charge >= 0.3 is 6.03 Å². The molecule has 2 N–H and O–H groups in total. The van der Waals surface area contributed by atoms with Gasteiger partial charge in [0.15, 0.2) is 0 Å². The van der Waals surface area contributed by atoms with Gasteiger partial charge in [-0.15, -0.1) is 0 Å². The first kappa shape index (κ1) is 20.0. The molecule has 30 heavy (non-hydrogen) atoms. The maximum absolute atomic E-state index is 13.0. The molecule has 0 radical (unpaired) electrons. The molecule has 3 amide bonds. The molecule has 5 nitrogen and oxygen atoms in total. The number of fused-ring (bicyclic) bond motifs is 2. The molecule has 0 bridgehead atoms. The summed E-state index contributed by atoms with van der Waals surface area (Å²) in [6.45, 7) is 2.72. The Morgan fingerprint density at radius 2 is 1.80 bits per heavy atom. The van der Waals surface area contributed by atoms with Gasteiger partial charge in [0.05, 0.1) is 11.3 Å². The van der Waals surface area contributed by atoms with Gasteiger partial charge in [-0.05, 0) is 55.0 Å². The molecule has 7 heteroatoms. The summed E-state index contributed by atoms with van der Waals surface area (Å²) < 4.78 is 13.0. The second-order valence-corrected chi connectivity index (χ2v) is 7.85. The maximum atomic E-state index is 13.0. The minimum absolute atomic E-state index is 0.0581. The van der Waals surface area contributed by atoms with Crippen LogP contribution < -0.4 is 15.5 Å². The van der Waals surface area contributed by atoms with Crippen molar-refractivity contribution in [3.05, 3.63) is 83.7 Å².